The van der Waals surface area contributed by atoms with Crippen molar-refractivity contribution in [3.05, 3.63) is 70.8 Å². The number of benzene rings is 2. The lowest BCUT2D eigenvalue weighted by Crippen LogP contribution is -2.43. The molecule has 1 saturated heterocycles. The SMILES string of the molecule is CCNC(=NCc1ccc(CN2CCN(C)CC2)cc1)NCc1ccccc1C.I. The number of guanidine groups is 1. The highest BCUT2D eigenvalue weighted by Gasteiger charge is 2.13. The van der Waals surface area contributed by atoms with Crippen LogP contribution in [0.4, 0.5) is 0 Å². The van der Waals surface area contributed by atoms with Crippen LogP contribution in [0.25, 0.3) is 0 Å². The van der Waals surface area contributed by atoms with Gasteiger partial charge in [0, 0.05) is 45.8 Å². The summed E-state index contributed by atoms with van der Waals surface area (Å²) in [5.41, 5.74) is 5.21. The van der Waals surface area contributed by atoms with Crippen LogP contribution in [0.5, 0.6) is 0 Å². The fourth-order valence-electron chi connectivity index (χ4n) is 3.51. The van der Waals surface area contributed by atoms with Gasteiger partial charge in [0.15, 0.2) is 5.96 Å². The van der Waals surface area contributed by atoms with Crippen molar-refractivity contribution in [1.82, 2.24) is 20.4 Å². The largest absolute Gasteiger partial charge is 0.357 e. The Labute approximate surface area is 199 Å². The Morgan fingerprint density at radius 3 is 2.27 bits per heavy atom. The highest BCUT2D eigenvalue weighted by Crippen LogP contribution is 2.11. The van der Waals surface area contributed by atoms with Gasteiger partial charge in [-0.15, -0.1) is 24.0 Å². The van der Waals surface area contributed by atoms with E-state index in [2.05, 4.69) is 89.9 Å². The van der Waals surface area contributed by atoms with Crippen molar-refractivity contribution < 1.29 is 0 Å². The molecule has 1 aliphatic rings. The lowest BCUT2D eigenvalue weighted by molar-refractivity contribution is 0.148. The minimum absolute atomic E-state index is 0. The van der Waals surface area contributed by atoms with Gasteiger partial charge < -0.3 is 15.5 Å². The Kier molecular flexibility index (Phi) is 10.6. The van der Waals surface area contributed by atoms with Gasteiger partial charge in [0.05, 0.1) is 6.54 Å². The van der Waals surface area contributed by atoms with Crippen molar-refractivity contribution in [3.8, 4) is 0 Å². The van der Waals surface area contributed by atoms with E-state index in [4.69, 9.17) is 4.99 Å². The number of aryl methyl sites for hydroxylation is 1. The Bertz CT molecular complexity index is 782. The number of aliphatic imine (C=N–C) groups is 1. The molecule has 1 aliphatic heterocycles. The summed E-state index contributed by atoms with van der Waals surface area (Å²) in [7, 11) is 2.20. The fraction of sp³-hybridized carbons (Fsp3) is 0.458. The summed E-state index contributed by atoms with van der Waals surface area (Å²) in [6.45, 7) is 12.2. The molecule has 30 heavy (non-hydrogen) atoms. The van der Waals surface area contributed by atoms with Gasteiger partial charge in [-0.25, -0.2) is 4.99 Å². The van der Waals surface area contributed by atoms with Gasteiger partial charge in [0.25, 0.3) is 0 Å². The average molecular weight is 521 g/mol. The molecule has 0 saturated carbocycles. The van der Waals surface area contributed by atoms with Gasteiger partial charge >= 0.3 is 0 Å². The van der Waals surface area contributed by atoms with Crippen LogP contribution in [0.3, 0.4) is 0 Å². The van der Waals surface area contributed by atoms with Gasteiger partial charge in [0.1, 0.15) is 0 Å². The fourth-order valence-corrected chi connectivity index (χ4v) is 3.51. The van der Waals surface area contributed by atoms with Gasteiger partial charge in [-0.2, -0.15) is 0 Å². The molecule has 6 heteroatoms. The molecule has 0 unspecified atom stereocenters. The molecule has 0 bridgehead atoms. The van der Waals surface area contributed by atoms with Crippen LogP contribution in [0.2, 0.25) is 0 Å². The van der Waals surface area contributed by atoms with E-state index < -0.39 is 0 Å². The summed E-state index contributed by atoms with van der Waals surface area (Å²) in [4.78, 5) is 9.69. The van der Waals surface area contributed by atoms with Gasteiger partial charge in [-0.1, -0.05) is 48.5 Å². The smallest absolute Gasteiger partial charge is 0.191 e. The second-order valence-electron chi connectivity index (χ2n) is 7.87. The van der Waals surface area contributed by atoms with Crippen LogP contribution >= 0.6 is 24.0 Å². The summed E-state index contributed by atoms with van der Waals surface area (Å²) >= 11 is 0. The summed E-state index contributed by atoms with van der Waals surface area (Å²) in [5.74, 6) is 0.859. The third-order valence-electron chi connectivity index (χ3n) is 5.50. The summed E-state index contributed by atoms with van der Waals surface area (Å²) in [6.07, 6.45) is 0. The third-order valence-corrected chi connectivity index (χ3v) is 5.50. The first kappa shape index (κ1) is 24.6. The van der Waals surface area contributed by atoms with Crippen LogP contribution in [-0.4, -0.2) is 55.5 Å². The maximum Gasteiger partial charge on any atom is 0.191 e. The molecule has 2 N–H and O–H groups in total. The monoisotopic (exact) mass is 521 g/mol. The second-order valence-corrected chi connectivity index (χ2v) is 7.87. The van der Waals surface area contributed by atoms with Crippen molar-refractivity contribution in [1.29, 1.82) is 0 Å². The molecular formula is C24H36IN5. The second kappa shape index (κ2) is 12.9. The molecule has 1 heterocycles. The van der Waals surface area contributed by atoms with Crippen molar-refractivity contribution in [2.75, 3.05) is 39.8 Å². The van der Waals surface area contributed by atoms with Crippen molar-refractivity contribution >= 4 is 29.9 Å². The van der Waals surface area contributed by atoms with Crippen LogP contribution in [0.15, 0.2) is 53.5 Å². The van der Waals surface area contributed by atoms with E-state index in [-0.39, 0.29) is 24.0 Å². The van der Waals surface area contributed by atoms with E-state index in [1.165, 1.54) is 22.3 Å². The topological polar surface area (TPSA) is 42.9 Å². The zero-order valence-corrected chi connectivity index (χ0v) is 20.9. The minimum atomic E-state index is 0. The van der Waals surface area contributed by atoms with E-state index in [9.17, 15) is 0 Å². The van der Waals surface area contributed by atoms with E-state index in [1.54, 1.807) is 0 Å². The van der Waals surface area contributed by atoms with E-state index in [1.807, 2.05) is 0 Å². The summed E-state index contributed by atoms with van der Waals surface area (Å²) in [5, 5.41) is 6.79. The first-order valence-electron chi connectivity index (χ1n) is 10.7. The Balaban J connectivity index is 0.00000320. The lowest BCUT2D eigenvalue weighted by atomic mass is 10.1. The van der Waals surface area contributed by atoms with Gasteiger partial charge in [0.2, 0.25) is 0 Å². The highest BCUT2D eigenvalue weighted by molar-refractivity contribution is 14.0. The molecule has 0 amide bonds. The number of nitrogens with one attached hydrogen (secondary N) is 2. The number of hydrogen-bond acceptors (Lipinski definition) is 3. The first-order chi connectivity index (χ1) is 14.1. The standard InChI is InChI=1S/C24H35N5.HI/c1-4-25-24(27-18-23-8-6-5-7-20(23)2)26-17-21-9-11-22(12-10-21)19-29-15-13-28(3)14-16-29;/h5-12H,4,13-19H2,1-3H3,(H2,25,26,27);1H. The number of piperazine rings is 1. The number of likely N-dealkylation sites (N-methyl/N-ethyl adjacent to an activating group) is 1. The number of hydrogen-bond donors (Lipinski definition) is 2. The van der Waals surface area contributed by atoms with Gasteiger partial charge in [-0.05, 0) is 43.1 Å². The third kappa shape index (κ3) is 7.89. The molecule has 0 atom stereocenters. The van der Waals surface area contributed by atoms with Crippen LogP contribution < -0.4 is 10.6 Å². The molecule has 0 radical (unpaired) electrons. The molecule has 2 aromatic rings. The Morgan fingerprint density at radius 2 is 1.60 bits per heavy atom. The molecule has 2 aromatic carbocycles. The van der Waals surface area contributed by atoms with Crippen LogP contribution in [-0.2, 0) is 19.6 Å². The number of rotatable bonds is 7. The molecule has 0 aromatic heterocycles. The predicted molar refractivity (Wildman–Crippen MR) is 137 cm³/mol. The minimum Gasteiger partial charge on any atom is -0.357 e. The molecule has 0 spiro atoms. The van der Waals surface area contributed by atoms with Gasteiger partial charge in [-0.3, -0.25) is 4.90 Å². The average Bonchev–Trinajstić information content (AvgIpc) is 2.74. The maximum atomic E-state index is 4.76. The van der Waals surface area contributed by atoms with Crippen molar-refractivity contribution in [3.63, 3.8) is 0 Å². The van der Waals surface area contributed by atoms with Crippen molar-refractivity contribution in [2.45, 2.75) is 33.5 Å². The predicted octanol–water partition coefficient (Wildman–Crippen LogP) is 3.62. The van der Waals surface area contributed by atoms with Crippen LogP contribution in [0, 0.1) is 6.92 Å². The lowest BCUT2D eigenvalue weighted by Gasteiger charge is -2.32. The number of halogens is 1. The molecule has 5 nitrogen and oxygen atoms in total. The van der Waals surface area contributed by atoms with E-state index >= 15 is 0 Å². The highest BCUT2D eigenvalue weighted by atomic mass is 127. The maximum absolute atomic E-state index is 4.76. The van der Waals surface area contributed by atoms with Crippen molar-refractivity contribution in [2.24, 2.45) is 4.99 Å². The number of nitrogens with zero attached hydrogens (tertiary/aromatic N) is 3. The molecule has 3 rings (SSSR count). The van der Waals surface area contributed by atoms with Crippen LogP contribution in [0.1, 0.15) is 29.2 Å². The van der Waals surface area contributed by atoms with E-state index in [0.717, 1.165) is 51.8 Å². The summed E-state index contributed by atoms with van der Waals surface area (Å²) < 4.78 is 0. The Morgan fingerprint density at radius 1 is 0.933 bits per heavy atom. The quantitative estimate of drug-likeness (QED) is 0.332. The molecule has 1 fully saturated rings. The molecule has 164 valence electrons. The zero-order chi connectivity index (χ0) is 20.5. The Hall–Kier alpha value is -1.64. The van der Waals surface area contributed by atoms with E-state index in [0.29, 0.717) is 6.54 Å². The first-order valence-corrected chi connectivity index (χ1v) is 10.7. The normalized spacial score (nSPS) is 15.5. The molecular weight excluding hydrogens is 485 g/mol. The molecule has 0 aliphatic carbocycles. The summed E-state index contributed by atoms with van der Waals surface area (Å²) in [6, 6.07) is 17.4. The zero-order valence-electron chi connectivity index (χ0n) is 18.5.